The van der Waals surface area contributed by atoms with Gasteiger partial charge in [-0.15, -0.1) is 0 Å². The van der Waals surface area contributed by atoms with Crippen LogP contribution in [0, 0.1) is 6.92 Å². The zero-order chi connectivity index (χ0) is 5.98. The molecule has 0 aliphatic heterocycles. The van der Waals surface area contributed by atoms with Crippen molar-refractivity contribution in [3.8, 4) is 0 Å². The van der Waals surface area contributed by atoms with E-state index in [9.17, 15) is 0 Å². The van der Waals surface area contributed by atoms with Crippen molar-refractivity contribution < 1.29 is 0 Å². The molecule has 0 aliphatic carbocycles. The second kappa shape index (κ2) is 1.94. The number of nitrogens with zero attached hydrogens (tertiary/aromatic N) is 2. The van der Waals surface area contributed by atoms with Crippen molar-refractivity contribution in [2.24, 2.45) is 0 Å². The molecule has 2 nitrogen and oxygen atoms in total. The summed E-state index contributed by atoms with van der Waals surface area (Å²) in [5, 5.41) is 7.31. The predicted molar refractivity (Wildman–Crippen MR) is 32.2 cm³/mol. The van der Waals surface area contributed by atoms with Crippen LogP contribution in [0.5, 0.6) is 0 Å². The molecule has 0 unspecified atom stereocenters. The van der Waals surface area contributed by atoms with Crippen LogP contribution < -0.4 is 5.59 Å². The molecule has 0 atom stereocenters. The monoisotopic (exact) mass is 104 g/mol. The fraction of sp³-hybridized carbons (Fsp3) is 0.200. The van der Waals surface area contributed by atoms with E-state index in [4.69, 9.17) is 7.85 Å². The van der Waals surface area contributed by atoms with Gasteiger partial charge in [-0.2, -0.15) is 10.2 Å². The molecule has 8 heavy (non-hydrogen) atoms. The molecule has 0 aliphatic rings. The molecule has 0 bridgehead atoms. The van der Waals surface area contributed by atoms with Crippen LogP contribution in [-0.2, 0) is 0 Å². The lowest BCUT2D eigenvalue weighted by Crippen LogP contribution is -2.08. The number of hydrogen-bond donors (Lipinski definition) is 0. The topological polar surface area (TPSA) is 25.8 Å². The van der Waals surface area contributed by atoms with Crippen LogP contribution in [0.15, 0.2) is 12.1 Å². The molecular weight excluding hydrogens is 98.9 g/mol. The smallest absolute Gasteiger partial charge is 0.144 e. The first kappa shape index (κ1) is 5.28. The van der Waals surface area contributed by atoms with Gasteiger partial charge in [-0.1, -0.05) is 0 Å². The molecule has 1 rings (SSSR count). The van der Waals surface area contributed by atoms with Crippen molar-refractivity contribution in [2.75, 3.05) is 0 Å². The number of aromatic nitrogens is 2. The standard InChI is InChI=1S/C5H5BN2/c1-4-2-3-5(6)8-7-4/h2-3H,1H3. The third kappa shape index (κ3) is 1.06. The van der Waals surface area contributed by atoms with Gasteiger partial charge in [0.15, 0.2) is 0 Å². The first-order chi connectivity index (χ1) is 3.79. The Labute approximate surface area is 49.4 Å². The van der Waals surface area contributed by atoms with Crippen LogP contribution in [-0.4, -0.2) is 18.0 Å². The Morgan fingerprint density at radius 2 is 2.12 bits per heavy atom. The zero-order valence-corrected chi connectivity index (χ0v) is 4.63. The summed E-state index contributed by atoms with van der Waals surface area (Å²) in [6.45, 7) is 1.87. The second-order valence-corrected chi connectivity index (χ2v) is 1.60. The normalized spacial score (nSPS) is 9.12. The summed E-state index contributed by atoms with van der Waals surface area (Å²) in [7, 11) is 5.25. The Balaban J connectivity index is 3.03. The molecule has 0 fully saturated rings. The minimum absolute atomic E-state index is 0.468. The molecule has 0 saturated heterocycles. The number of aryl methyl sites for hydroxylation is 1. The molecule has 38 valence electrons. The Kier molecular flexibility index (Phi) is 1.28. The maximum absolute atomic E-state index is 5.25. The molecule has 2 radical (unpaired) electrons. The fourth-order valence-corrected chi connectivity index (χ4v) is 0.409. The Bertz CT molecular complexity index is 149. The Morgan fingerprint density at radius 3 is 2.50 bits per heavy atom. The van der Waals surface area contributed by atoms with Crippen molar-refractivity contribution in [3.05, 3.63) is 17.8 Å². The lowest BCUT2D eigenvalue weighted by Gasteiger charge is -1.88. The molecule has 0 N–H and O–H groups in total. The highest BCUT2D eigenvalue weighted by atomic mass is 15.1. The maximum atomic E-state index is 5.25. The average Bonchev–Trinajstić information content (AvgIpc) is 1.77. The number of hydrogen-bond acceptors (Lipinski definition) is 2. The highest BCUT2D eigenvalue weighted by molar-refractivity contribution is 6.30. The van der Waals surface area contributed by atoms with Gasteiger partial charge in [-0.05, 0) is 19.1 Å². The van der Waals surface area contributed by atoms with Gasteiger partial charge in [0.2, 0.25) is 0 Å². The SMILES string of the molecule is [B]c1ccc(C)nn1. The molecule has 0 amide bonds. The lowest BCUT2D eigenvalue weighted by atomic mass is 10.1. The van der Waals surface area contributed by atoms with Gasteiger partial charge in [0, 0.05) is 5.59 Å². The van der Waals surface area contributed by atoms with E-state index in [1.54, 1.807) is 6.07 Å². The fourth-order valence-electron chi connectivity index (χ4n) is 0.409. The Morgan fingerprint density at radius 1 is 1.38 bits per heavy atom. The summed E-state index contributed by atoms with van der Waals surface area (Å²) in [5.74, 6) is 0. The molecule has 0 saturated carbocycles. The molecular formula is C5H5BN2. The minimum atomic E-state index is 0.468. The molecule has 1 aromatic rings. The van der Waals surface area contributed by atoms with Gasteiger partial charge in [0.1, 0.15) is 7.85 Å². The van der Waals surface area contributed by atoms with Crippen LogP contribution >= 0.6 is 0 Å². The summed E-state index contributed by atoms with van der Waals surface area (Å²) in [6, 6.07) is 3.55. The molecule has 0 aromatic carbocycles. The van der Waals surface area contributed by atoms with E-state index < -0.39 is 0 Å². The van der Waals surface area contributed by atoms with Gasteiger partial charge in [-0.25, -0.2) is 0 Å². The Hall–Kier alpha value is -0.855. The predicted octanol–water partition coefficient (Wildman–Crippen LogP) is -0.421. The van der Waals surface area contributed by atoms with Crippen molar-refractivity contribution in [1.82, 2.24) is 10.2 Å². The summed E-state index contributed by atoms with van der Waals surface area (Å²) < 4.78 is 0. The van der Waals surface area contributed by atoms with Crippen LogP contribution in [0.1, 0.15) is 5.69 Å². The van der Waals surface area contributed by atoms with E-state index in [0.29, 0.717) is 5.59 Å². The summed E-state index contributed by atoms with van der Waals surface area (Å²) in [5.41, 5.74) is 1.36. The second-order valence-electron chi connectivity index (χ2n) is 1.60. The maximum Gasteiger partial charge on any atom is 0.144 e. The van der Waals surface area contributed by atoms with Crippen LogP contribution in [0.3, 0.4) is 0 Å². The van der Waals surface area contributed by atoms with E-state index >= 15 is 0 Å². The third-order valence-electron chi connectivity index (χ3n) is 0.819. The largest absolute Gasteiger partial charge is 0.167 e. The summed E-state index contributed by atoms with van der Waals surface area (Å²) in [6.07, 6.45) is 0. The van der Waals surface area contributed by atoms with Crippen molar-refractivity contribution >= 4 is 13.4 Å². The molecule has 1 heterocycles. The van der Waals surface area contributed by atoms with Gasteiger partial charge < -0.3 is 0 Å². The number of rotatable bonds is 0. The first-order valence-electron chi connectivity index (χ1n) is 2.35. The summed E-state index contributed by atoms with van der Waals surface area (Å²) >= 11 is 0. The van der Waals surface area contributed by atoms with E-state index in [1.807, 2.05) is 13.0 Å². The third-order valence-corrected chi connectivity index (χ3v) is 0.819. The van der Waals surface area contributed by atoms with Crippen LogP contribution in [0.2, 0.25) is 0 Å². The molecule has 0 spiro atoms. The van der Waals surface area contributed by atoms with Crippen LogP contribution in [0.25, 0.3) is 0 Å². The van der Waals surface area contributed by atoms with E-state index in [0.717, 1.165) is 5.69 Å². The summed E-state index contributed by atoms with van der Waals surface area (Å²) in [4.78, 5) is 0. The molecule has 3 heteroatoms. The van der Waals surface area contributed by atoms with Gasteiger partial charge in [-0.3, -0.25) is 0 Å². The van der Waals surface area contributed by atoms with Crippen molar-refractivity contribution in [3.63, 3.8) is 0 Å². The lowest BCUT2D eigenvalue weighted by molar-refractivity contribution is 1.00. The van der Waals surface area contributed by atoms with Gasteiger partial charge >= 0.3 is 0 Å². The average molecular weight is 104 g/mol. The van der Waals surface area contributed by atoms with Gasteiger partial charge in [0.25, 0.3) is 0 Å². The van der Waals surface area contributed by atoms with Crippen LogP contribution in [0.4, 0.5) is 0 Å². The highest BCUT2D eigenvalue weighted by Gasteiger charge is 1.82. The zero-order valence-electron chi connectivity index (χ0n) is 4.63. The van der Waals surface area contributed by atoms with E-state index in [2.05, 4.69) is 10.2 Å². The van der Waals surface area contributed by atoms with E-state index in [1.165, 1.54) is 0 Å². The van der Waals surface area contributed by atoms with Gasteiger partial charge in [0.05, 0.1) is 5.69 Å². The van der Waals surface area contributed by atoms with Crippen molar-refractivity contribution in [2.45, 2.75) is 6.92 Å². The minimum Gasteiger partial charge on any atom is -0.167 e. The molecule has 1 aromatic heterocycles. The van der Waals surface area contributed by atoms with Crippen molar-refractivity contribution in [1.29, 1.82) is 0 Å². The van der Waals surface area contributed by atoms with E-state index in [-0.39, 0.29) is 0 Å². The first-order valence-corrected chi connectivity index (χ1v) is 2.35. The highest BCUT2D eigenvalue weighted by Crippen LogP contribution is 1.80. The quantitative estimate of drug-likeness (QED) is 0.417.